The average molecular weight is 337 g/mol. The van der Waals surface area contributed by atoms with Crippen molar-refractivity contribution in [2.24, 2.45) is 0 Å². The third-order valence-electron chi connectivity index (χ3n) is 3.78. The van der Waals surface area contributed by atoms with Crippen LogP contribution in [-0.4, -0.2) is 25.2 Å². The summed E-state index contributed by atoms with van der Waals surface area (Å²) < 4.78 is 10.5. The molecule has 2 amide bonds. The van der Waals surface area contributed by atoms with Gasteiger partial charge in [-0.05, 0) is 29.8 Å². The molecule has 0 aliphatic heterocycles. The fraction of sp³-hybridized carbons (Fsp3) is 0.158. The monoisotopic (exact) mass is 337 g/mol. The second kappa shape index (κ2) is 7.53. The number of para-hydroxylation sites is 1. The SMILES string of the molecule is COc1ccc(CNC(=O)Nc2cccc3cccnc23)cc1OC. The molecule has 3 aromatic rings. The average Bonchev–Trinajstić information content (AvgIpc) is 2.66. The summed E-state index contributed by atoms with van der Waals surface area (Å²) in [7, 11) is 3.16. The Hall–Kier alpha value is -3.28. The van der Waals surface area contributed by atoms with Crippen molar-refractivity contribution in [2.45, 2.75) is 6.54 Å². The lowest BCUT2D eigenvalue weighted by Gasteiger charge is -2.11. The predicted molar refractivity (Wildman–Crippen MR) is 97.1 cm³/mol. The first-order chi connectivity index (χ1) is 12.2. The van der Waals surface area contributed by atoms with Crippen LogP contribution < -0.4 is 20.1 Å². The Morgan fingerprint density at radius 3 is 2.64 bits per heavy atom. The molecule has 6 heteroatoms. The summed E-state index contributed by atoms with van der Waals surface area (Å²) in [5.74, 6) is 1.28. The van der Waals surface area contributed by atoms with Crippen molar-refractivity contribution < 1.29 is 14.3 Å². The summed E-state index contributed by atoms with van der Waals surface area (Å²) in [6.07, 6.45) is 1.70. The van der Waals surface area contributed by atoms with Crippen molar-refractivity contribution in [3.8, 4) is 11.5 Å². The Kier molecular flexibility index (Phi) is 4.99. The van der Waals surface area contributed by atoms with E-state index in [0.29, 0.717) is 23.7 Å². The van der Waals surface area contributed by atoms with E-state index >= 15 is 0 Å². The molecule has 2 N–H and O–H groups in total. The highest BCUT2D eigenvalue weighted by atomic mass is 16.5. The third-order valence-corrected chi connectivity index (χ3v) is 3.78. The molecule has 0 spiro atoms. The molecule has 25 heavy (non-hydrogen) atoms. The molecule has 1 heterocycles. The third kappa shape index (κ3) is 3.80. The van der Waals surface area contributed by atoms with E-state index in [9.17, 15) is 4.79 Å². The van der Waals surface area contributed by atoms with Gasteiger partial charge in [0.1, 0.15) is 0 Å². The first-order valence-electron chi connectivity index (χ1n) is 7.81. The van der Waals surface area contributed by atoms with Gasteiger partial charge < -0.3 is 20.1 Å². The number of carbonyl (C=O) groups is 1. The minimum absolute atomic E-state index is 0.298. The number of carbonyl (C=O) groups excluding carboxylic acids is 1. The molecule has 1 aromatic heterocycles. The van der Waals surface area contributed by atoms with E-state index in [0.717, 1.165) is 16.5 Å². The molecule has 0 atom stereocenters. The summed E-state index contributed by atoms with van der Waals surface area (Å²) in [5, 5.41) is 6.64. The van der Waals surface area contributed by atoms with E-state index in [1.807, 2.05) is 48.5 Å². The molecule has 0 saturated heterocycles. The van der Waals surface area contributed by atoms with Gasteiger partial charge >= 0.3 is 6.03 Å². The summed E-state index contributed by atoms with van der Waals surface area (Å²) in [4.78, 5) is 16.5. The summed E-state index contributed by atoms with van der Waals surface area (Å²) >= 11 is 0. The van der Waals surface area contributed by atoms with Crippen molar-refractivity contribution in [1.82, 2.24) is 10.3 Å². The van der Waals surface area contributed by atoms with E-state index in [2.05, 4.69) is 15.6 Å². The molecule has 6 nitrogen and oxygen atoms in total. The zero-order valence-corrected chi connectivity index (χ0v) is 14.1. The Morgan fingerprint density at radius 1 is 1.04 bits per heavy atom. The molecule has 0 saturated carbocycles. The molecular formula is C19H19N3O3. The smallest absolute Gasteiger partial charge is 0.319 e. The van der Waals surface area contributed by atoms with E-state index in [1.54, 1.807) is 20.4 Å². The molecule has 0 aliphatic rings. The first kappa shape index (κ1) is 16.6. The molecule has 128 valence electrons. The molecule has 0 bridgehead atoms. The number of hydrogen-bond acceptors (Lipinski definition) is 4. The van der Waals surface area contributed by atoms with Gasteiger partial charge in [-0.2, -0.15) is 0 Å². The minimum atomic E-state index is -0.298. The molecular weight excluding hydrogens is 318 g/mol. The second-order valence-electron chi connectivity index (χ2n) is 5.38. The predicted octanol–water partition coefficient (Wildman–Crippen LogP) is 3.57. The second-order valence-corrected chi connectivity index (χ2v) is 5.38. The molecule has 2 aromatic carbocycles. The fourth-order valence-electron chi connectivity index (χ4n) is 2.54. The van der Waals surface area contributed by atoms with Crippen LogP contribution in [0.3, 0.4) is 0 Å². The van der Waals surface area contributed by atoms with Crippen LogP contribution in [0.15, 0.2) is 54.7 Å². The van der Waals surface area contributed by atoms with Crippen LogP contribution >= 0.6 is 0 Å². The van der Waals surface area contributed by atoms with E-state index < -0.39 is 0 Å². The molecule has 0 fully saturated rings. The maximum atomic E-state index is 12.2. The minimum Gasteiger partial charge on any atom is -0.493 e. The Balaban J connectivity index is 1.67. The van der Waals surface area contributed by atoms with Crippen LogP contribution in [0, 0.1) is 0 Å². The van der Waals surface area contributed by atoms with Crippen LogP contribution in [0.4, 0.5) is 10.5 Å². The normalized spacial score (nSPS) is 10.3. The van der Waals surface area contributed by atoms with Gasteiger partial charge in [0.2, 0.25) is 0 Å². The van der Waals surface area contributed by atoms with Gasteiger partial charge in [-0.25, -0.2) is 4.79 Å². The van der Waals surface area contributed by atoms with Crippen molar-refractivity contribution in [2.75, 3.05) is 19.5 Å². The van der Waals surface area contributed by atoms with Crippen LogP contribution in [-0.2, 0) is 6.54 Å². The van der Waals surface area contributed by atoms with Crippen LogP contribution in [0.2, 0.25) is 0 Å². The number of amides is 2. The van der Waals surface area contributed by atoms with Crippen LogP contribution in [0.1, 0.15) is 5.56 Å². The maximum Gasteiger partial charge on any atom is 0.319 e. The van der Waals surface area contributed by atoms with Gasteiger partial charge in [0.05, 0.1) is 25.4 Å². The topological polar surface area (TPSA) is 72.5 Å². The lowest BCUT2D eigenvalue weighted by Crippen LogP contribution is -2.28. The first-order valence-corrected chi connectivity index (χ1v) is 7.81. The van der Waals surface area contributed by atoms with Gasteiger partial charge in [0.15, 0.2) is 11.5 Å². The fourth-order valence-corrected chi connectivity index (χ4v) is 2.54. The van der Waals surface area contributed by atoms with E-state index in [-0.39, 0.29) is 6.03 Å². The number of methoxy groups -OCH3 is 2. The van der Waals surface area contributed by atoms with Crippen molar-refractivity contribution in [3.05, 3.63) is 60.3 Å². The Bertz CT molecular complexity index is 891. The highest BCUT2D eigenvalue weighted by Gasteiger charge is 2.08. The number of pyridine rings is 1. The summed E-state index contributed by atoms with van der Waals surface area (Å²) in [6.45, 7) is 0.365. The standard InChI is InChI=1S/C19H19N3O3/c1-24-16-9-8-13(11-17(16)25-2)12-21-19(23)22-15-7-3-5-14-6-4-10-20-18(14)15/h3-11H,12H2,1-2H3,(H2,21,22,23). The molecule has 3 rings (SSSR count). The molecule has 0 radical (unpaired) electrons. The number of urea groups is 1. The van der Waals surface area contributed by atoms with Gasteiger partial charge in [0.25, 0.3) is 0 Å². The van der Waals surface area contributed by atoms with Gasteiger partial charge in [0, 0.05) is 18.1 Å². The summed E-state index contributed by atoms with van der Waals surface area (Å²) in [6, 6.07) is 14.7. The lowest BCUT2D eigenvalue weighted by molar-refractivity contribution is 0.251. The van der Waals surface area contributed by atoms with E-state index in [1.165, 1.54) is 0 Å². The number of rotatable bonds is 5. The lowest BCUT2D eigenvalue weighted by atomic mass is 10.2. The quantitative estimate of drug-likeness (QED) is 0.746. The number of benzene rings is 2. The van der Waals surface area contributed by atoms with Gasteiger partial charge in [-0.15, -0.1) is 0 Å². The van der Waals surface area contributed by atoms with Gasteiger partial charge in [-0.1, -0.05) is 24.3 Å². The number of fused-ring (bicyclic) bond motifs is 1. The van der Waals surface area contributed by atoms with Crippen molar-refractivity contribution in [3.63, 3.8) is 0 Å². The summed E-state index contributed by atoms with van der Waals surface area (Å²) in [5.41, 5.74) is 2.33. The number of aromatic nitrogens is 1. The number of anilines is 1. The van der Waals surface area contributed by atoms with E-state index in [4.69, 9.17) is 9.47 Å². The molecule has 0 aliphatic carbocycles. The zero-order chi connectivity index (χ0) is 17.6. The number of nitrogens with zero attached hydrogens (tertiary/aromatic N) is 1. The Labute approximate surface area is 145 Å². The van der Waals surface area contributed by atoms with Crippen LogP contribution in [0.5, 0.6) is 11.5 Å². The number of hydrogen-bond donors (Lipinski definition) is 2. The highest BCUT2D eigenvalue weighted by Crippen LogP contribution is 2.27. The van der Waals surface area contributed by atoms with Crippen molar-refractivity contribution >= 4 is 22.6 Å². The van der Waals surface area contributed by atoms with Crippen molar-refractivity contribution in [1.29, 1.82) is 0 Å². The maximum absolute atomic E-state index is 12.2. The number of nitrogens with one attached hydrogen (secondary N) is 2. The zero-order valence-electron chi connectivity index (χ0n) is 14.1. The number of ether oxygens (including phenoxy) is 2. The highest BCUT2D eigenvalue weighted by molar-refractivity contribution is 5.99. The Morgan fingerprint density at radius 2 is 1.84 bits per heavy atom. The largest absolute Gasteiger partial charge is 0.493 e. The van der Waals surface area contributed by atoms with Gasteiger partial charge in [-0.3, -0.25) is 4.98 Å². The van der Waals surface area contributed by atoms with Crippen LogP contribution in [0.25, 0.3) is 10.9 Å². The molecule has 0 unspecified atom stereocenters.